The van der Waals surface area contributed by atoms with Gasteiger partial charge in [-0.05, 0) is 39.5 Å². The third kappa shape index (κ3) is 4.28. The smallest absolute Gasteiger partial charge is 0.316 e. The fourth-order valence-corrected chi connectivity index (χ4v) is 4.80. The monoisotopic (exact) mass is 385 g/mol. The van der Waals surface area contributed by atoms with E-state index in [1.54, 1.807) is 13.8 Å². The molecule has 2 aromatic rings. The van der Waals surface area contributed by atoms with E-state index in [2.05, 4.69) is 24.9 Å². The van der Waals surface area contributed by atoms with Crippen LogP contribution in [0, 0.1) is 13.8 Å². The molecule has 3 rings (SSSR count). The van der Waals surface area contributed by atoms with Gasteiger partial charge in [-0.25, -0.2) is 23.1 Å². The van der Waals surface area contributed by atoms with Crippen molar-refractivity contribution in [2.45, 2.75) is 56.6 Å². The van der Waals surface area contributed by atoms with E-state index in [4.69, 9.17) is 16.3 Å². The topological polar surface area (TPSA) is 110 Å². The Morgan fingerprint density at radius 1 is 1.20 bits per heavy atom. The summed E-state index contributed by atoms with van der Waals surface area (Å²) in [5, 5.41) is 7.11. The van der Waals surface area contributed by atoms with Gasteiger partial charge in [0, 0.05) is 6.04 Å². The lowest BCUT2D eigenvalue weighted by Crippen LogP contribution is -2.40. The molecule has 2 aromatic heterocycles. The van der Waals surface area contributed by atoms with Crippen LogP contribution in [0.4, 0.5) is 0 Å². The maximum Gasteiger partial charge on any atom is 0.316 e. The SMILES string of the molecule is Cc1n[nH]c(C)c1S(=O)(=O)NC1CCC(Oc2ncc(Cl)cn2)CC1. The third-order valence-electron chi connectivity index (χ3n) is 4.19. The molecule has 0 amide bonds. The number of nitrogens with one attached hydrogen (secondary N) is 2. The number of rotatable bonds is 5. The molecular weight excluding hydrogens is 366 g/mol. The van der Waals surface area contributed by atoms with E-state index in [1.165, 1.54) is 12.4 Å². The Labute approximate surface area is 151 Å². The predicted molar refractivity (Wildman–Crippen MR) is 92.1 cm³/mol. The molecule has 0 radical (unpaired) electrons. The van der Waals surface area contributed by atoms with Crippen molar-refractivity contribution in [3.8, 4) is 6.01 Å². The summed E-state index contributed by atoms with van der Waals surface area (Å²) >= 11 is 5.75. The number of ether oxygens (including phenoxy) is 1. The standard InChI is InChI=1S/C15H20ClN5O3S/c1-9-14(10(2)20-19-9)25(22,23)21-12-3-5-13(6-4-12)24-15-17-7-11(16)8-18-15/h7-8,12-13,21H,3-6H2,1-2H3,(H,19,20). The first kappa shape index (κ1) is 18.1. The van der Waals surface area contributed by atoms with Gasteiger partial charge in [0.2, 0.25) is 10.0 Å². The first-order valence-corrected chi connectivity index (χ1v) is 9.89. The first-order chi connectivity index (χ1) is 11.8. The van der Waals surface area contributed by atoms with Gasteiger partial charge in [0.05, 0.1) is 28.8 Å². The van der Waals surface area contributed by atoms with Crippen LogP contribution in [0.5, 0.6) is 6.01 Å². The average Bonchev–Trinajstić information content (AvgIpc) is 2.91. The highest BCUT2D eigenvalue weighted by Crippen LogP contribution is 2.25. The van der Waals surface area contributed by atoms with Gasteiger partial charge in [0.15, 0.2) is 0 Å². The number of aromatic nitrogens is 4. The quantitative estimate of drug-likeness (QED) is 0.815. The number of H-pyrrole nitrogens is 1. The average molecular weight is 386 g/mol. The van der Waals surface area contributed by atoms with Crippen molar-refractivity contribution >= 4 is 21.6 Å². The summed E-state index contributed by atoms with van der Waals surface area (Å²) in [6.07, 6.45) is 5.77. The second kappa shape index (κ2) is 7.27. The van der Waals surface area contributed by atoms with Crippen LogP contribution in [-0.4, -0.2) is 40.7 Å². The van der Waals surface area contributed by atoms with Crippen molar-refractivity contribution in [3.05, 3.63) is 28.8 Å². The highest BCUT2D eigenvalue weighted by atomic mass is 35.5. The van der Waals surface area contributed by atoms with Crippen LogP contribution in [0.15, 0.2) is 17.3 Å². The molecule has 10 heteroatoms. The van der Waals surface area contributed by atoms with Crippen LogP contribution in [0.1, 0.15) is 37.1 Å². The van der Waals surface area contributed by atoms with Crippen LogP contribution in [0.3, 0.4) is 0 Å². The first-order valence-electron chi connectivity index (χ1n) is 8.03. The molecule has 2 N–H and O–H groups in total. The maximum atomic E-state index is 12.6. The number of halogens is 1. The molecule has 0 aromatic carbocycles. The summed E-state index contributed by atoms with van der Waals surface area (Å²) in [5.74, 6) is 0. The van der Waals surface area contributed by atoms with Gasteiger partial charge in [-0.2, -0.15) is 5.10 Å². The lowest BCUT2D eigenvalue weighted by atomic mass is 9.94. The molecule has 1 aliphatic rings. The van der Waals surface area contributed by atoms with E-state index in [1.807, 2.05) is 0 Å². The Hall–Kier alpha value is -1.71. The Kier molecular flexibility index (Phi) is 5.26. The Balaban J connectivity index is 1.56. The van der Waals surface area contributed by atoms with Gasteiger partial charge in [-0.3, -0.25) is 5.10 Å². The van der Waals surface area contributed by atoms with Crippen LogP contribution >= 0.6 is 11.6 Å². The van der Waals surface area contributed by atoms with Crippen LogP contribution in [-0.2, 0) is 10.0 Å². The number of aryl methyl sites for hydroxylation is 2. The molecule has 1 fully saturated rings. The molecule has 0 bridgehead atoms. The van der Waals surface area contributed by atoms with E-state index < -0.39 is 10.0 Å². The molecule has 1 saturated carbocycles. The van der Waals surface area contributed by atoms with Gasteiger partial charge >= 0.3 is 6.01 Å². The normalized spacial score (nSPS) is 21.2. The van der Waals surface area contributed by atoms with Gasteiger partial charge in [0.25, 0.3) is 0 Å². The molecular formula is C15H20ClN5O3S. The van der Waals surface area contributed by atoms with Gasteiger partial charge in [-0.15, -0.1) is 0 Å². The molecule has 1 aliphatic carbocycles. The minimum absolute atomic E-state index is 0.0284. The molecule has 25 heavy (non-hydrogen) atoms. The molecule has 0 saturated heterocycles. The zero-order chi connectivity index (χ0) is 18.0. The number of hydrogen-bond donors (Lipinski definition) is 2. The molecule has 136 valence electrons. The van der Waals surface area contributed by atoms with E-state index in [0.29, 0.717) is 29.3 Å². The minimum Gasteiger partial charge on any atom is -0.460 e. The predicted octanol–water partition coefficient (Wildman–Crippen LogP) is 2.14. The molecule has 0 aliphatic heterocycles. The zero-order valence-corrected chi connectivity index (χ0v) is 15.6. The third-order valence-corrected chi connectivity index (χ3v) is 6.17. The lowest BCUT2D eigenvalue weighted by molar-refractivity contribution is 0.132. The van der Waals surface area contributed by atoms with Crippen molar-refractivity contribution in [3.63, 3.8) is 0 Å². The molecule has 0 spiro atoms. The second-order valence-electron chi connectivity index (χ2n) is 6.16. The lowest BCUT2D eigenvalue weighted by Gasteiger charge is -2.28. The van der Waals surface area contributed by atoms with Crippen molar-refractivity contribution < 1.29 is 13.2 Å². The van der Waals surface area contributed by atoms with Gasteiger partial charge in [0.1, 0.15) is 11.0 Å². The molecule has 0 unspecified atom stereocenters. The van der Waals surface area contributed by atoms with Crippen molar-refractivity contribution in [1.82, 2.24) is 24.9 Å². The van der Waals surface area contributed by atoms with E-state index in [0.717, 1.165) is 12.8 Å². The summed E-state index contributed by atoms with van der Waals surface area (Å²) in [7, 11) is -3.58. The maximum absolute atomic E-state index is 12.6. The number of sulfonamides is 1. The van der Waals surface area contributed by atoms with Gasteiger partial charge in [-0.1, -0.05) is 11.6 Å². The molecule has 8 nitrogen and oxygen atoms in total. The van der Waals surface area contributed by atoms with Crippen LogP contribution in [0.2, 0.25) is 5.02 Å². The molecule has 2 heterocycles. The van der Waals surface area contributed by atoms with Crippen molar-refractivity contribution in [2.24, 2.45) is 0 Å². The highest BCUT2D eigenvalue weighted by molar-refractivity contribution is 7.89. The Bertz CT molecular complexity index is 810. The van der Waals surface area contributed by atoms with E-state index in [-0.39, 0.29) is 23.1 Å². The van der Waals surface area contributed by atoms with Crippen LogP contribution < -0.4 is 9.46 Å². The van der Waals surface area contributed by atoms with E-state index in [9.17, 15) is 8.42 Å². The van der Waals surface area contributed by atoms with Gasteiger partial charge < -0.3 is 4.74 Å². The summed E-state index contributed by atoms with van der Waals surface area (Å²) in [6, 6.07) is 0.169. The zero-order valence-electron chi connectivity index (χ0n) is 14.0. The summed E-state index contributed by atoms with van der Waals surface area (Å²) in [4.78, 5) is 8.27. The second-order valence-corrected chi connectivity index (χ2v) is 8.25. The summed E-state index contributed by atoms with van der Waals surface area (Å²) in [5.41, 5.74) is 1.02. The Morgan fingerprint density at radius 3 is 2.40 bits per heavy atom. The summed E-state index contributed by atoms with van der Waals surface area (Å²) < 4.78 is 33.7. The van der Waals surface area contributed by atoms with E-state index >= 15 is 0 Å². The molecule has 0 atom stereocenters. The summed E-state index contributed by atoms with van der Waals surface area (Å²) in [6.45, 7) is 3.38. The Morgan fingerprint density at radius 2 is 1.84 bits per heavy atom. The number of hydrogen-bond acceptors (Lipinski definition) is 6. The van der Waals surface area contributed by atoms with Crippen molar-refractivity contribution in [1.29, 1.82) is 0 Å². The highest BCUT2D eigenvalue weighted by Gasteiger charge is 2.29. The fourth-order valence-electron chi connectivity index (χ4n) is 3.02. The number of nitrogens with zero attached hydrogens (tertiary/aromatic N) is 3. The minimum atomic E-state index is -3.58. The largest absolute Gasteiger partial charge is 0.460 e. The van der Waals surface area contributed by atoms with Crippen molar-refractivity contribution in [2.75, 3.05) is 0 Å². The van der Waals surface area contributed by atoms with Crippen LogP contribution in [0.25, 0.3) is 0 Å². The fraction of sp³-hybridized carbons (Fsp3) is 0.533. The number of aromatic amines is 1.